The lowest BCUT2D eigenvalue weighted by Gasteiger charge is -2.32. The fourth-order valence-electron chi connectivity index (χ4n) is 3.33. The number of nitrogens with zero attached hydrogens (tertiary/aromatic N) is 1. The molecule has 0 bridgehead atoms. The van der Waals surface area contributed by atoms with Gasteiger partial charge in [0.1, 0.15) is 0 Å². The third kappa shape index (κ3) is 5.09. The Kier molecular flexibility index (Phi) is 6.45. The van der Waals surface area contributed by atoms with Crippen LogP contribution in [0.3, 0.4) is 0 Å². The Hall–Kier alpha value is -2.31. The van der Waals surface area contributed by atoms with Gasteiger partial charge in [0.05, 0.1) is 11.6 Å². The maximum atomic E-state index is 13.1. The van der Waals surface area contributed by atoms with E-state index >= 15 is 0 Å². The van der Waals surface area contributed by atoms with Gasteiger partial charge in [0.2, 0.25) is 11.8 Å². The molecule has 1 aromatic carbocycles. The number of carbonyl (C=O) groups excluding carboxylic acids is 2. The highest BCUT2D eigenvalue weighted by molar-refractivity contribution is 5.87. The highest BCUT2D eigenvalue weighted by atomic mass is 19.4. The molecule has 1 saturated heterocycles. The van der Waals surface area contributed by atoms with Crippen LogP contribution in [0.1, 0.15) is 43.4 Å². The fourth-order valence-corrected chi connectivity index (χ4v) is 3.33. The van der Waals surface area contributed by atoms with Gasteiger partial charge in [-0.3, -0.25) is 9.59 Å². The van der Waals surface area contributed by atoms with E-state index in [9.17, 15) is 22.8 Å². The van der Waals surface area contributed by atoms with Gasteiger partial charge in [-0.2, -0.15) is 13.2 Å². The molecule has 142 valence electrons. The topological polar surface area (TPSA) is 49.4 Å². The van der Waals surface area contributed by atoms with Crippen LogP contribution in [0.4, 0.5) is 13.2 Å². The molecular formula is C19H23F3N2O2. The van der Waals surface area contributed by atoms with Crippen molar-refractivity contribution in [1.82, 2.24) is 10.2 Å². The van der Waals surface area contributed by atoms with Crippen molar-refractivity contribution in [3.63, 3.8) is 0 Å². The Morgan fingerprint density at radius 3 is 2.73 bits per heavy atom. The van der Waals surface area contributed by atoms with Gasteiger partial charge in [-0.15, -0.1) is 0 Å². The van der Waals surface area contributed by atoms with Crippen molar-refractivity contribution >= 4 is 11.8 Å². The Labute approximate surface area is 151 Å². The lowest BCUT2D eigenvalue weighted by atomic mass is 9.94. The summed E-state index contributed by atoms with van der Waals surface area (Å²) in [6, 6.07) is 4.48. The molecule has 1 N–H and O–H groups in total. The van der Waals surface area contributed by atoms with Crippen LogP contribution in [-0.4, -0.2) is 29.8 Å². The molecule has 1 aromatic rings. The lowest BCUT2D eigenvalue weighted by molar-refractivity contribution is -0.138. The van der Waals surface area contributed by atoms with E-state index in [1.807, 2.05) is 0 Å². The zero-order valence-corrected chi connectivity index (χ0v) is 14.7. The van der Waals surface area contributed by atoms with E-state index < -0.39 is 17.8 Å². The molecule has 4 nitrogen and oxygen atoms in total. The Morgan fingerprint density at radius 2 is 2.08 bits per heavy atom. The first-order valence-corrected chi connectivity index (χ1v) is 8.59. The number of rotatable bonds is 5. The van der Waals surface area contributed by atoms with E-state index in [4.69, 9.17) is 0 Å². The molecule has 0 aromatic heterocycles. The molecule has 1 aliphatic rings. The molecule has 1 fully saturated rings. The number of likely N-dealkylation sites (tertiary alicyclic amines) is 1. The van der Waals surface area contributed by atoms with Gasteiger partial charge in [-0.1, -0.05) is 24.8 Å². The molecule has 26 heavy (non-hydrogen) atoms. The number of halogens is 3. The first-order chi connectivity index (χ1) is 12.2. The zero-order chi connectivity index (χ0) is 19.3. The van der Waals surface area contributed by atoms with Crippen molar-refractivity contribution in [3.8, 4) is 0 Å². The first kappa shape index (κ1) is 20.0. The molecular weight excluding hydrogens is 345 g/mol. The predicted octanol–water partition coefficient (Wildman–Crippen LogP) is 3.70. The number of amides is 2. The summed E-state index contributed by atoms with van der Waals surface area (Å²) < 4.78 is 39.3. The van der Waals surface area contributed by atoms with E-state index in [0.717, 1.165) is 18.9 Å². The second kappa shape index (κ2) is 8.38. The van der Waals surface area contributed by atoms with Crippen LogP contribution in [0.25, 0.3) is 0 Å². The minimum atomic E-state index is -4.47. The van der Waals surface area contributed by atoms with Gasteiger partial charge in [-0.25, -0.2) is 0 Å². The number of alkyl halides is 3. The maximum absolute atomic E-state index is 13.1. The Bertz CT molecular complexity index is 673. The van der Waals surface area contributed by atoms with Gasteiger partial charge >= 0.3 is 6.18 Å². The monoisotopic (exact) mass is 368 g/mol. The van der Waals surface area contributed by atoms with Crippen LogP contribution in [0, 0.1) is 5.92 Å². The number of piperidine rings is 1. The number of nitrogens with one attached hydrogen (secondary N) is 1. The molecule has 0 spiro atoms. The Balaban J connectivity index is 1.98. The molecule has 7 heteroatoms. The average molecular weight is 368 g/mol. The number of hydrogen-bond donors (Lipinski definition) is 1. The van der Waals surface area contributed by atoms with Crippen LogP contribution in [0.2, 0.25) is 0 Å². The molecule has 0 aliphatic carbocycles. The van der Waals surface area contributed by atoms with Crippen LogP contribution in [0.15, 0.2) is 36.9 Å². The van der Waals surface area contributed by atoms with E-state index in [1.54, 1.807) is 4.90 Å². The predicted molar refractivity (Wildman–Crippen MR) is 92.1 cm³/mol. The van der Waals surface area contributed by atoms with Crippen LogP contribution < -0.4 is 5.32 Å². The normalized spacial score (nSPS) is 18.9. The lowest BCUT2D eigenvalue weighted by Crippen LogP contribution is -2.41. The third-order valence-corrected chi connectivity index (χ3v) is 4.59. The van der Waals surface area contributed by atoms with Crippen molar-refractivity contribution in [2.75, 3.05) is 13.1 Å². The molecule has 2 amide bonds. The molecule has 0 radical (unpaired) electrons. The third-order valence-electron chi connectivity index (χ3n) is 4.59. The van der Waals surface area contributed by atoms with E-state index in [1.165, 1.54) is 31.2 Å². The highest BCUT2D eigenvalue weighted by Crippen LogP contribution is 2.34. The largest absolute Gasteiger partial charge is 0.416 e. The van der Waals surface area contributed by atoms with Crippen LogP contribution >= 0.6 is 0 Å². The van der Waals surface area contributed by atoms with Crippen molar-refractivity contribution in [2.24, 2.45) is 5.92 Å². The Morgan fingerprint density at radius 1 is 1.38 bits per heavy atom. The quantitative estimate of drug-likeness (QED) is 0.806. The van der Waals surface area contributed by atoms with E-state index in [2.05, 4.69) is 11.9 Å². The van der Waals surface area contributed by atoms with Crippen molar-refractivity contribution < 1.29 is 22.8 Å². The highest BCUT2D eigenvalue weighted by Gasteiger charge is 2.34. The second-order valence-electron chi connectivity index (χ2n) is 6.57. The van der Waals surface area contributed by atoms with Gasteiger partial charge in [-0.05, 0) is 43.4 Å². The van der Waals surface area contributed by atoms with Crippen molar-refractivity contribution in [3.05, 3.63) is 48.0 Å². The van der Waals surface area contributed by atoms with Crippen molar-refractivity contribution in [2.45, 2.75) is 38.4 Å². The second-order valence-corrected chi connectivity index (χ2v) is 6.57. The molecule has 1 aliphatic heterocycles. The minimum absolute atomic E-state index is 0.00212. The van der Waals surface area contributed by atoms with Gasteiger partial charge < -0.3 is 10.2 Å². The molecule has 1 heterocycles. The van der Waals surface area contributed by atoms with Gasteiger partial charge in [0, 0.05) is 19.5 Å². The minimum Gasteiger partial charge on any atom is -0.350 e. The summed E-state index contributed by atoms with van der Waals surface area (Å²) in [4.78, 5) is 25.6. The average Bonchev–Trinajstić information content (AvgIpc) is 2.60. The maximum Gasteiger partial charge on any atom is 0.416 e. The molecule has 1 unspecified atom stereocenters. The van der Waals surface area contributed by atoms with E-state index in [-0.39, 0.29) is 29.7 Å². The number of hydrogen-bond acceptors (Lipinski definition) is 2. The molecule has 2 rings (SSSR count). The van der Waals surface area contributed by atoms with Gasteiger partial charge in [0.15, 0.2) is 0 Å². The summed E-state index contributed by atoms with van der Waals surface area (Å²) in [5.41, 5.74) is -0.700. The smallest absolute Gasteiger partial charge is 0.350 e. The molecule has 2 atom stereocenters. The summed E-state index contributed by atoms with van der Waals surface area (Å²) in [7, 11) is 0. The van der Waals surface area contributed by atoms with Gasteiger partial charge in [0.25, 0.3) is 0 Å². The van der Waals surface area contributed by atoms with E-state index in [0.29, 0.717) is 13.1 Å². The zero-order valence-electron chi connectivity index (χ0n) is 14.7. The standard InChI is InChI=1S/C19H23F3N2O2/c1-3-18(26)24-10-6-7-14(12-24)11-17(25)23-13(2)15-8-4-5-9-16(15)19(20,21)22/h3-5,8-9,13-14H,1,6-7,10-12H2,2H3,(H,23,25)/t13?,14-/m1/s1. The molecule has 0 saturated carbocycles. The number of benzene rings is 1. The fraction of sp³-hybridized carbons (Fsp3) is 0.474. The summed E-state index contributed by atoms with van der Waals surface area (Å²) in [6.07, 6.45) is -1.44. The first-order valence-electron chi connectivity index (χ1n) is 8.59. The summed E-state index contributed by atoms with van der Waals surface area (Å²) in [5, 5.41) is 2.65. The van der Waals surface area contributed by atoms with Crippen molar-refractivity contribution in [1.29, 1.82) is 0 Å². The summed E-state index contributed by atoms with van der Waals surface area (Å²) in [6.45, 7) is 6.10. The number of carbonyl (C=O) groups is 2. The van der Waals surface area contributed by atoms with Crippen LogP contribution in [-0.2, 0) is 15.8 Å². The summed E-state index contributed by atoms with van der Waals surface area (Å²) >= 11 is 0. The van der Waals surface area contributed by atoms with Crippen LogP contribution in [0.5, 0.6) is 0 Å². The summed E-state index contributed by atoms with van der Waals surface area (Å²) in [5.74, 6) is -0.479. The SMILES string of the molecule is C=CC(=O)N1CCC[C@H](CC(=O)NC(C)c2ccccc2C(F)(F)F)C1.